The molecule has 0 amide bonds. The number of hydrogen-bond donors (Lipinski definition) is 1. The van der Waals surface area contributed by atoms with E-state index in [4.69, 9.17) is 16.3 Å². The van der Waals surface area contributed by atoms with E-state index >= 15 is 0 Å². The van der Waals surface area contributed by atoms with Crippen LogP contribution in [-0.2, 0) is 5.88 Å². The van der Waals surface area contributed by atoms with Crippen LogP contribution in [-0.4, -0.2) is 31.9 Å². The summed E-state index contributed by atoms with van der Waals surface area (Å²) in [4.78, 5) is 0. The first-order valence-electron chi connectivity index (χ1n) is 6.44. The van der Waals surface area contributed by atoms with E-state index in [-0.39, 0.29) is 0 Å². The number of aromatic nitrogens is 5. The van der Waals surface area contributed by atoms with Crippen molar-refractivity contribution in [2.75, 3.05) is 11.9 Å². The molecule has 0 spiro atoms. The molecule has 0 aliphatic carbocycles. The van der Waals surface area contributed by atoms with Crippen molar-refractivity contribution in [3.8, 4) is 5.75 Å². The fraction of sp³-hybridized carbons (Fsp3) is 0.231. The van der Waals surface area contributed by atoms with Gasteiger partial charge in [-0.25, -0.2) is 0 Å². The van der Waals surface area contributed by atoms with Crippen molar-refractivity contribution in [1.82, 2.24) is 25.3 Å². The number of nitrogens with zero attached hydrogens (tertiary/aromatic N) is 5. The van der Waals surface area contributed by atoms with Crippen LogP contribution in [0.15, 0.2) is 30.3 Å². The monoisotopic (exact) mass is 304 g/mol. The number of hydrogen-bond acceptors (Lipinski definition) is 6. The number of rotatable bonds is 5. The van der Waals surface area contributed by atoms with Gasteiger partial charge in [-0.15, -0.1) is 26.4 Å². The highest BCUT2D eigenvalue weighted by molar-refractivity contribution is 6.17. The Morgan fingerprint density at radius 3 is 3.00 bits per heavy atom. The number of tetrazole rings is 1. The highest BCUT2D eigenvalue weighted by Gasteiger charge is 2.06. The highest BCUT2D eigenvalue weighted by Crippen LogP contribution is 2.26. The van der Waals surface area contributed by atoms with Crippen molar-refractivity contribution in [1.29, 1.82) is 0 Å². The zero-order valence-corrected chi connectivity index (χ0v) is 12.1. The summed E-state index contributed by atoms with van der Waals surface area (Å²) >= 11 is 5.95. The van der Waals surface area contributed by atoms with Gasteiger partial charge in [0.25, 0.3) is 0 Å². The van der Waals surface area contributed by atoms with Crippen LogP contribution in [0.25, 0.3) is 5.65 Å². The summed E-state index contributed by atoms with van der Waals surface area (Å²) in [5.41, 5.74) is 2.38. The molecular formula is C13H13ClN6O. The largest absolute Gasteiger partial charge is 0.494 e. The molecule has 0 saturated heterocycles. The molecule has 7 nitrogen and oxygen atoms in total. The van der Waals surface area contributed by atoms with Crippen LogP contribution in [0.2, 0.25) is 0 Å². The average Bonchev–Trinajstić information content (AvgIpc) is 2.96. The van der Waals surface area contributed by atoms with Gasteiger partial charge in [0.15, 0.2) is 11.5 Å². The lowest BCUT2D eigenvalue weighted by molar-refractivity contribution is 0.337. The minimum absolute atomic E-state index is 0.379. The fourth-order valence-corrected chi connectivity index (χ4v) is 2.13. The standard InChI is InChI=1S/C13H13ClN6O/c1-2-21-11-4-3-10(7-9(11)8-14)15-12-5-6-13-16-18-19-20(13)17-12/h3-7H,2,8H2,1H3,(H,15,17). The SMILES string of the molecule is CCOc1ccc(Nc2ccc3nnnn3n2)cc1CCl. The second kappa shape index (κ2) is 5.92. The van der Waals surface area contributed by atoms with Gasteiger partial charge in [-0.1, -0.05) is 0 Å². The van der Waals surface area contributed by atoms with Crippen LogP contribution in [0.3, 0.4) is 0 Å². The quantitative estimate of drug-likeness (QED) is 0.729. The molecule has 0 saturated carbocycles. The van der Waals surface area contributed by atoms with Crippen molar-refractivity contribution in [2.45, 2.75) is 12.8 Å². The van der Waals surface area contributed by atoms with Crippen molar-refractivity contribution in [3.63, 3.8) is 0 Å². The summed E-state index contributed by atoms with van der Waals surface area (Å²) in [6.07, 6.45) is 0. The van der Waals surface area contributed by atoms with Crippen molar-refractivity contribution in [3.05, 3.63) is 35.9 Å². The Kier molecular flexibility index (Phi) is 3.83. The molecule has 0 fully saturated rings. The molecule has 3 rings (SSSR count). The molecule has 108 valence electrons. The summed E-state index contributed by atoms with van der Waals surface area (Å²) in [5.74, 6) is 1.81. The number of anilines is 2. The Labute approximate surface area is 125 Å². The number of halogens is 1. The minimum atomic E-state index is 0.379. The molecule has 0 aliphatic rings. The van der Waals surface area contributed by atoms with Crippen LogP contribution < -0.4 is 10.1 Å². The number of ether oxygens (including phenoxy) is 1. The van der Waals surface area contributed by atoms with Gasteiger partial charge >= 0.3 is 0 Å². The summed E-state index contributed by atoms with van der Waals surface area (Å²) in [7, 11) is 0. The number of benzene rings is 1. The van der Waals surface area contributed by atoms with Crippen LogP contribution in [0.1, 0.15) is 12.5 Å². The zero-order chi connectivity index (χ0) is 14.7. The molecular weight excluding hydrogens is 292 g/mol. The average molecular weight is 305 g/mol. The predicted molar refractivity (Wildman–Crippen MR) is 79.0 cm³/mol. The van der Waals surface area contributed by atoms with Crippen LogP contribution in [0, 0.1) is 0 Å². The van der Waals surface area contributed by atoms with E-state index in [9.17, 15) is 0 Å². The van der Waals surface area contributed by atoms with Gasteiger partial charge < -0.3 is 10.1 Å². The van der Waals surface area contributed by atoms with E-state index in [1.54, 1.807) is 6.07 Å². The summed E-state index contributed by atoms with van der Waals surface area (Å²) in [6.45, 7) is 2.55. The van der Waals surface area contributed by atoms with Crippen molar-refractivity contribution >= 4 is 28.8 Å². The number of fused-ring (bicyclic) bond motifs is 1. The maximum atomic E-state index is 5.95. The summed E-state index contributed by atoms with van der Waals surface area (Å²) in [5, 5.41) is 18.5. The highest BCUT2D eigenvalue weighted by atomic mass is 35.5. The van der Waals surface area contributed by atoms with Gasteiger partial charge in [-0.3, -0.25) is 0 Å². The fourth-order valence-electron chi connectivity index (χ4n) is 1.92. The van der Waals surface area contributed by atoms with Crippen LogP contribution in [0.4, 0.5) is 11.5 Å². The molecule has 8 heteroatoms. The molecule has 0 radical (unpaired) electrons. The zero-order valence-electron chi connectivity index (χ0n) is 11.3. The molecule has 0 atom stereocenters. The maximum Gasteiger partial charge on any atom is 0.200 e. The maximum absolute atomic E-state index is 5.95. The van der Waals surface area contributed by atoms with E-state index < -0.39 is 0 Å². The molecule has 0 unspecified atom stereocenters. The van der Waals surface area contributed by atoms with Gasteiger partial charge in [-0.05, 0) is 47.7 Å². The number of nitrogens with one attached hydrogen (secondary N) is 1. The van der Waals surface area contributed by atoms with E-state index in [0.717, 1.165) is 17.0 Å². The Morgan fingerprint density at radius 2 is 2.19 bits per heavy atom. The van der Waals surface area contributed by atoms with Gasteiger partial charge in [0, 0.05) is 11.3 Å². The molecule has 1 aromatic carbocycles. The van der Waals surface area contributed by atoms with Gasteiger partial charge in [-0.2, -0.15) is 0 Å². The third kappa shape index (κ3) is 2.87. The Balaban J connectivity index is 1.86. The first-order chi connectivity index (χ1) is 10.3. The van der Waals surface area contributed by atoms with Crippen LogP contribution >= 0.6 is 11.6 Å². The lowest BCUT2D eigenvalue weighted by Gasteiger charge is -2.11. The second-order valence-corrected chi connectivity index (χ2v) is 4.53. The third-order valence-corrected chi connectivity index (χ3v) is 3.13. The smallest absolute Gasteiger partial charge is 0.200 e. The van der Waals surface area contributed by atoms with Crippen molar-refractivity contribution in [2.24, 2.45) is 0 Å². The second-order valence-electron chi connectivity index (χ2n) is 4.26. The van der Waals surface area contributed by atoms with Gasteiger partial charge in [0.1, 0.15) is 5.75 Å². The summed E-state index contributed by atoms with van der Waals surface area (Å²) < 4.78 is 6.88. The van der Waals surface area contributed by atoms with E-state index in [2.05, 4.69) is 25.9 Å². The van der Waals surface area contributed by atoms with Crippen LogP contribution in [0.5, 0.6) is 5.75 Å². The topological polar surface area (TPSA) is 77.2 Å². The molecule has 21 heavy (non-hydrogen) atoms. The molecule has 0 aliphatic heterocycles. The van der Waals surface area contributed by atoms with Gasteiger partial charge in [0.2, 0.25) is 0 Å². The van der Waals surface area contributed by atoms with E-state index in [1.165, 1.54) is 4.63 Å². The normalized spacial score (nSPS) is 10.8. The van der Waals surface area contributed by atoms with Crippen molar-refractivity contribution < 1.29 is 4.74 Å². The van der Waals surface area contributed by atoms with E-state index in [0.29, 0.717) is 24.0 Å². The predicted octanol–water partition coefficient (Wildman–Crippen LogP) is 2.40. The Morgan fingerprint density at radius 1 is 1.29 bits per heavy atom. The first kappa shape index (κ1) is 13.6. The molecule has 3 aromatic rings. The third-order valence-electron chi connectivity index (χ3n) is 2.85. The van der Waals surface area contributed by atoms with E-state index in [1.807, 2.05) is 31.2 Å². The lowest BCUT2D eigenvalue weighted by Crippen LogP contribution is -2.01. The molecule has 2 aromatic heterocycles. The van der Waals surface area contributed by atoms with Gasteiger partial charge in [0.05, 0.1) is 12.5 Å². The molecule has 1 N–H and O–H groups in total. The molecule has 2 heterocycles. The number of alkyl halides is 1. The first-order valence-corrected chi connectivity index (χ1v) is 6.97. The lowest BCUT2D eigenvalue weighted by atomic mass is 10.2. The Hall–Kier alpha value is -2.41. The Bertz CT molecular complexity index is 759. The summed E-state index contributed by atoms with van der Waals surface area (Å²) in [6, 6.07) is 9.32. The minimum Gasteiger partial charge on any atom is -0.494 e. The molecule has 0 bridgehead atoms.